The Hall–Kier alpha value is 2.88. The smallest absolute Gasteiger partial charge is 0.822 e. The summed E-state index contributed by atoms with van der Waals surface area (Å²) >= 11 is 0. The van der Waals surface area contributed by atoms with E-state index in [1.165, 1.54) is 0 Å². The van der Waals surface area contributed by atoms with Gasteiger partial charge in [0.1, 0.15) is 0 Å². The first kappa shape index (κ1) is 29.7. The van der Waals surface area contributed by atoms with E-state index in [1.54, 1.807) is 0 Å². The first-order chi connectivity index (χ1) is 2.00. The van der Waals surface area contributed by atoms with Crippen LogP contribution in [0, 0.1) is 0 Å². The predicted octanol–water partition coefficient (Wildman–Crippen LogP) is -5.83. The van der Waals surface area contributed by atoms with Crippen LogP contribution in [-0.4, -0.2) is 0 Å². The summed E-state index contributed by atoms with van der Waals surface area (Å²) in [5, 5.41) is 0. The molecule has 0 aromatic carbocycles. The van der Waals surface area contributed by atoms with Crippen molar-refractivity contribution in [3.63, 3.8) is 0 Å². The van der Waals surface area contributed by atoms with Crippen molar-refractivity contribution in [2.75, 3.05) is 0 Å². The van der Waals surface area contributed by atoms with Gasteiger partial charge >= 0.3 is 85.7 Å². The minimum absolute atomic E-state index is 0. The Morgan fingerprint density at radius 2 is 1.11 bits per heavy atom. The van der Waals surface area contributed by atoms with Gasteiger partial charge in [-0.3, -0.25) is 0 Å². The average molecular weight is 273 g/mol. The van der Waals surface area contributed by atoms with Gasteiger partial charge in [-0.05, 0) is 0 Å². The monoisotopic (exact) mass is 273 g/mol. The Bertz CT molecular complexity index is 66.7. The molecule has 0 rings (SSSR count). The van der Waals surface area contributed by atoms with E-state index in [-0.39, 0.29) is 85.7 Å². The predicted molar refractivity (Wildman–Crippen MR) is 7.61 cm³/mol. The minimum atomic E-state index is -5.39. The molecule has 0 amide bonds. The maximum absolute atomic E-state index is 8.55. The molecule has 0 heterocycles. The third-order valence-corrected chi connectivity index (χ3v) is 0. The zero-order valence-electron chi connectivity index (χ0n) is 4.37. The van der Waals surface area contributed by atoms with E-state index in [1.807, 2.05) is 0 Å². The first-order valence-electron chi connectivity index (χ1n) is 0.730. The number of hydrogen-bond donors (Lipinski definition) is 0. The molecule has 0 aliphatic heterocycles. The molecular formula is CrMnNaO4PTi+7. The SMILES string of the molecule is O=P([O-])([O-])[O-].[Cr+3].[Mn+2].[Na+].[Ti+4]. The van der Waals surface area contributed by atoms with Crippen molar-refractivity contribution in [2.24, 2.45) is 0 Å². The molecule has 9 heavy (non-hydrogen) atoms. The average Bonchev–Trinajstić information content (AvgIpc) is 0.722. The molecule has 0 unspecified atom stereocenters. The van der Waals surface area contributed by atoms with Gasteiger partial charge in [-0.15, -0.1) is 0 Å². The van der Waals surface area contributed by atoms with Crippen molar-refractivity contribution in [1.29, 1.82) is 0 Å². The van der Waals surface area contributed by atoms with E-state index in [0.29, 0.717) is 0 Å². The van der Waals surface area contributed by atoms with Crippen LogP contribution in [-0.2, 0) is 60.7 Å². The van der Waals surface area contributed by atoms with Crippen molar-refractivity contribution in [3.8, 4) is 0 Å². The fourth-order valence-corrected chi connectivity index (χ4v) is 0. The van der Waals surface area contributed by atoms with Gasteiger partial charge in [0.05, 0.1) is 0 Å². The van der Waals surface area contributed by atoms with Gasteiger partial charge in [-0.2, -0.15) is 7.82 Å². The number of hydrogen-bond acceptors (Lipinski definition) is 4. The van der Waals surface area contributed by atoms with Gasteiger partial charge < -0.3 is 19.2 Å². The summed E-state index contributed by atoms with van der Waals surface area (Å²) < 4.78 is 8.55. The minimum Gasteiger partial charge on any atom is -0.822 e. The summed E-state index contributed by atoms with van der Waals surface area (Å²) in [7, 11) is -5.39. The van der Waals surface area contributed by atoms with E-state index in [0.717, 1.165) is 0 Å². The summed E-state index contributed by atoms with van der Waals surface area (Å²) in [5.74, 6) is 0. The molecule has 0 bridgehead atoms. The molecule has 40 valence electrons. The molecule has 0 aliphatic carbocycles. The van der Waals surface area contributed by atoms with E-state index in [9.17, 15) is 0 Å². The maximum Gasteiger partial charge on any atom is 4.00 e. The van der Waals surface area contributed by atoms with Crippen LogP contribution in [0.3, 0.4) is 0 Å². The molecule has 0 saturated carbocycles. The largest absolute Gasteiger partial charge is 4.00 e. The van der Waals surface area contributed by atoms with Crippen LogP contribution >= 0.6 is 7.82 Å². The van der Waals surface area contributed by atoms with E-state index in [2.05, 4.69) is 0 Å². The van der Waals surface area contributed by atoms with Crippen LogP contribution in [0.5, 0.6) is 0 Å². The van der Waals surface area contributed by atoms with Gasteiger partial charge in [0, 0.05) is 0 Å². The topological polar surface area (TPSA) is 86.2 Å². The third-order valence-electron chi connectivity index (χ3n) is 0. The zero-order valence-corrected chi connectivity index (χ0v) is 11.3. The Morgan fingerprint density at radius 1 is 1.11 bits per heavy atom. The normalized spacial score (nSPS) is 6.56. The molecule has 0 N–H and O–H groups in total. The summed E-state index contributed by atoms with van der Waals surface area (Å²) in [6.45, 7) is 0. The molecule has 0 saturated heterocycles. The maximum atomic E-state index is 8.55. The number of phosphoric acid groups is 1. The Morgan fingerprint density at radius 3 is 1.11 bits per heavy atom. The Kier molecular flexibility index (Phi) is 44.5. The fourth-order valence-electron chi connectivity index (χ4n) is 0. The van der Waals surface area contributed by atoms with Crippen molar-refractivity contribution >= 4 is 7.82 Å². The zero-order chi connectivity index (χ0) is 4.50. The van der Waals surface area contributed by atoms with Gasteiger partial charge in [0.2, 0.25) is 0 Å². The number of rotatable bonds is 0. The van der Waals surface area contributed by atoms with Crippen LogP contribution in [0.1, 0.15) is 0 Å². The van der Waals surface area contributed by atoms with Crippen LogP contribution in [0.25, 0.3) is 0 Å². The molecule has 0 aliphatic rings. The molecule has 0 aromatic heterocycles. The summed E-state index contributed by atoms with van der Waals surface area (Å²) in [6.07, 6.45) is 0. The Balaban J connectivity index is -0.0000000133. The van der Waals surface area contributed by atoms with Crippen LogP contribution in [0.4, 0.5) is 0 Å². The summed E-state index contributed by atoms with van der Waals surface area (Å²) in [6, 6.07) is 0. The van der Waals surface area contributed by atoms with Crippen molar-refractivity contribution in [3.05, 3.63) is 0 Å². The van der Waals surface area contributed by atoms with Crippen molar-refractivity contribution < 1.29 is 105 Å². The second kappa shape index (κ2) is 13.5. The van der Waals surface area contributed by atoms with E-state index < -0.39 is 7.82 Å². The quantitative estimate of drug-likeness (QED) is 0.325. The fraction of sp³-hybridized carbons (Fsp3) is 0. The van der Waals surface area contributed by atoms with Crippen molar-refractivity contribution in [1.82, 2.24) is 0 Å². The third kappa shape index (κ3) is 104. The molecule has 4 nitrogen and oxygen atoms in total. The van der Waals surface area contributed by atoms with Gasteiger partial charge in [-0.25, -0.2) is 0 Å². The summed E-state index contributed by atoms with van der Waals surface area (Å²) in [4.78, 5) is 25.6. The molecule has 0 atom stereocenters. The molecular weight excluding hydrogens is 273 g/mol. The standard InChI is InChI=1S/Cr.Mn.Na.H3O4P.Ti/c;;;1-5(2,3)4;/h;;;(H3,1,2,3,4);/q+3;+2;+1;;+4/p-3. The second-order valence-corrected chi connectivity index (χ2v) is 1.34. The van der Waals surface area contributed by atoms with E-state index in [4.69, 9.17) is 19.2 Å². The second-order valence-electron chi connectivity index (χ2n) is 0.447. The van der Waals surface area contributed by atoms with Crippen LogP contribution in [0.2, 0.25) is 0 Å². The molecule has 0 fully saturated rings. The molecule has 9 heteroatoms. The Labute approximate surface area is 111 Å². The van der Waals surface area contributed by atoms with Crippen LogP contribution in [0.15, 0.2) is 0 Å². The molecule has 2 radical (unpaired) electrons. The van der Waals surface area contributed by atoms with E-state index >= 15 is 0 Å². The summed E-state index contributed by atoms with van der Waals surface area (Å²) in [5.41, 5.74) is 0. The van der Waals surface area contributed by atoms with Gasteiger partial charge in [0.15, 0.2) is 0 Å². The van der Waals surface area contributed by atoms with Gasteiger partial charge in [0.25, 0.3) is 0 Å². The first-order valence-corrected chi connectivity index (χ1v) is 2.19. The molecule has 0 spiro atoms. The molecule has 0 aromatic rings. The van der Waals surface area contributed by atoms with Crippen LogP contribution < -0.4 is 44.2 Å². The van der Waals surface area contributed by atoms with Crippen molar-refractivity contribution in [2.45, 2.75) is 0 Å². The van der Waals surface area contributed by atoms with Gasteiger partial charge in [-0.1, -0.05) is 0 Å².